The summed E-state index contributed by atoms with van der Waals surface area (Å²) in [5.74, 6) is 2.38. The number of aromatic nitrogens is 2. The lowest BCUT2D eigenvalue weighted by atomic mass is 10.2. The first-order valence-corrected chi connectivity index (χ1v) is 8.57. The maximum absolute atomic E-state index is 6.05. The van der Waals surface area contributed by atoms with Crippen LogP contribution in [-0.2, 0) is 6.54 Å². The Hall–Kier alpha value is -1.66. The molecule has 1 aliphatic heterocycles. The molecule has 1 aromatic carbocycles. The fourth-order valence-corrected chi connectivity index (χ4v) is 3.12. The van der Waals surface area contributed by atoms with Gasteiger partial charge in [0.2, 0.25) is 0 Å². The first-order valence-electron chi connectivity index (χ1n) is 7.21. The van der Waals surface area contributed by atoms with Crippen LogP contribution in [0, 0.1) is 0 Å². The van der Waals surface area contributed by atoms with Gasteiger partial charge in [0.15, 0.2) is 16.8 Å². The Balaban J connectivity index is 1.83. The second kappa shape index (κ2) is 6.62. The van der Waals surface area contributed by atoms with Crippen LogP contribution >= 0.6 is 23.4 Å². The van der Waals surface area contributed by atoms with Crippen molar-refractivity contribution >= 4 is 40.7 Å². The summed E-state index contributed by atoms with van der Waals surface area (Å²) in [4.78, 5) is 11.2. The number of thioether (sulfide) groups is 1. The highest BCUT2D eigenvalue weighted by Gasteiger charge is 2.24. The molecule has 22 heavy (non-hydrogen) atoms. The Labute approximate surface area is 139 Å². The van der Waals surface area contributed by atoms with Gasteiger partial charge in [-0.1, -0.05) is 42.4 Å². The maximum atomic E-state index is 6.05. The van der Waals surface area contributed by atoms with Crippen LogP contribution < -0.4 is 16.0 Å². The summed E-state index contributed by atoms with van der Waals surface area (Å²) in [5, 5.41) is 4.76. The molecule has 0 atom stereocenters. The number of fused-ring (bicyclic) bond motifs is 1. The highest BCUT2D eigenvalue weighted by molar-refractivity contribution is 7.99. The molecule has 2 heterocycles. The molecular formula is C15H18ClN5S. The van der Waals surface area contributed by atoms with Crippen molar-refractivity contribution in [3.63, 3.8) is 0 Å². The minimum atomic E-state index is 0.516. The minimum Gasteiger partial charge on any atom is -0.382 e. The molecule has 0 spiro atoms. The van der Waals surface area contributed by atoms with Crippen molar-refractivity contribution in [3.05, 3.63) is 34.9 Å². The zero-order valence-electron chi connectivity index (χ0n) is 12.3. The first kappa shape index (κ1) is 15.2. The molecule has 0 saturated carbocycles. The number of hydrogen-bond donors (Lipinski definition) is 2. The van der Waals surface area contributed by atoms with E-state index >= 15 is 0 Å². The number of nitrogens with zero attached hydrogens (tertiary/aromatic N) is 3. The SMILES string of the molecule is CCCSc1nc(N)c2c(n1)N(Cc1ccc(Cl)cc1)CN2. The number of nitrogen functional groups attached to an aromatic ring is 1. The van der Waals surface area contributed by atoms with Crippen molar-refractivity contribution in [2.24, 2.45) is 0 Å². The Morgan fingerprint density at radius 1 is 1.32 bits per heavy atom. The highest BCUT2D eigenvalue weighted by Crippen LogP contribution is 2.36. The maximum Gasteiger partial charge on any atom is 0.191 e. The normalized spacial score (nSPS) is 13.1. The van der Waals surface area contributed by atoms with Gasteiger partial charge in [-0.25, -0.2) is 9.97 Å². The zero-order valence-corrected chi connectivity index (χ0v) is 13.9. The van der Waals surface area contributed by atoms with Crippen LogP contribution in [0.5, 0.6) is 0 Å². The topological polar surface area (TPSA) is 67.1 Å². The molecule has 2 aromatic rings. The van der Waals surface area contributed by atoms with Crippen LogP contribution in [0.15, 0.2) is 29.4 Å². The van der Waals surface area contributed by atoms with E-state index in [1.165, 1.54) is 5.56 Å². The van der Waals surface area contributed by atoms with Crippen molar-refractivity contribution in [1.29, 1.82) is 0 Å². The van der Waals surface area contributed by atoms with Crippen molar-refractivity contribution in [2.45, 2.75) is 25.0 Å². The smallest absolute Gasteiger partial charge is 0.191 e. The molecule has 1 aromatic heterocycles. The molecule has 5 nitrogen and oxygen atoms in total. The average molecular weight is 336 g/mol. The second-order valence-corrected chi connectivity index (χ2v) is 6.60. The summed E-state index contributed by atoms with van der Waals surface area (Å²) in [6.07, 6.45) is 1.08. The zero-order chi connectivity index (χ0) is 15.5. The fourth-order valence-electron chi connectivity index (χ4n) is 2.29. The molecule has 7 heteroatoms. The van der Waals surface area contributed by atoms with Gasteiger partial charge in [-0.3, -0.25) is 0 Å². The summed E-state index contributed by atoms with van der Waals surface area (Å²) >= 11 is 7.57. The Kier molecular flexibility index (Phi) is 4.59. The van der Waals surface area contributed by atoms with E-state index < -0.39 is 0 Å². The molecule has 0 aliphatic carbocycles. The van der Waals surface area contributed by atoms with Gasteiger partial charge >= 0.3 is 0 Å². The van der Waals surface area contributed by atoms with E-state index in [2.05, 4.69) is 27.1 Å². The van der Waals surface area contributed by atoms with E-state index in [1.54, 1.807) is 11.8 Å². The summed E-state index contributed by atoms with van der Waals surface area (Å²) in [5.41, 5.74) is 8.06. The number of benzene rings is 1. The van der Waals surface area contributed by atoms with Crippen LogP contribution in [0.3, 0.4) is 0 Å². The van der Waals surface area contributed by atoms with E-state index in [-0.39, 0.29) is 0 Å². The summed E-state index contributed by atoms with van der Waals surface area (Å²) in [6.45, 7) is 3.57. The highest BCUT2D eigenvalue weighted by atomic mass is 35.5. The van der Waals surface area contributed by atoms with Gasteiger partial charge < -0.3 is 16.0 Å². The summed E-state index contributed by atoms with van der Waals surface area (Å²) in [6, 6.07) is 7.85. The molecule has 0 saturated heterocycles. The Morgan fingerprint density at radius 3 is 2.82 bits per heavy atom. The molecule has 3 N–H and O–H groups in total. The predicted octanol–water partition coefficient (Wildman–Crippen LogP) is 3.60. The standard InChI is InChI=1S/C15H18ClN5S/c1-2-7-22-15-19-13(17)12-14(20-15)21(9-18-12)8-10-3-5-11(16)6-4-10/h3-6,18H,2,7-9H2,1H3,(H2,17,19,20). The minimum absolute atomic E-state index is 0.516. The molecule has 0 fully saturated rings. The van der Waals surface area contributed by atoms with Gasteiger partial charge in [0, 0.05) is 17.3 Å². The van der Waals surface area contributed by atoms with Crippen molar-refractivity contribution in [3.8, 4) is 0 Å². The van der Waals surface area contributed by atoms with E-state index in [1.807, 2.05) is 24.3 Å². The molecule has 1 aliphatic rings. The van der Waals surface area contributed by atoms with E-state index in [0.717, 1.165) is 40.4 Å². The molecule has 3 rings (SSSR count). The largest absolute Gasteiger partial charge is 0.382 e. The summed E-state index contributed by atoms with van der Waals surface area (Å²) in [7, 11) is 0. The fraction of sp³-hybridized carbons (Fsp3) is 0.333. The van der Waals surface area contributed by atoms with Gasteiger partial charge in [-0.2, -0.15) is 0 Å². The van der Waals surface area contributed by atoms with Gasteiger partial charge in [0.05, 0.1) is 6.67 Å². The monoisotopic (exact) mass is 335 g/mol. The molecule has 116 valence electrons. The van der Waals surface area contributed by atoms with Crippen LogP contribution in [0.25, 0.3) is 0 Å². The molecule has 0 unspecified atom stereocenters. The third kappa shape index (κ3) is 3.23. The van der Waals surface area contributed by atoms with E-state index in [4.69, 9.17) is 17.3 Å². The quantitative estimate of drug-likeness (QED) is 0.642. The van der Waals surface area contributed by atoms with Gasteiger partial charge in [0.1, 0.15) is 5.69 Å². The van der Waals surface area contributed by atoms with Gasteiger partial charge in [-0.15, -0.1) is 0 Å². The summed E-state index contributed by atoms with van der Waals surface area (Å²) < 4.78 is 0. The third-order valence-corrected chi connectivity index (χ3v) is 4.67. The van der Waals surface area contributed by atoms with Crippen LogP contribution in [0.4, 0.5) is 17.3 Å². The van der Waals surface area contributed by atoms with Crippen molar-refractivity contribution in [1.82, 2.24) is 9.97 Å². The van der Waals surface area contributed by atoms with Crippen LogP contribution in [-0.4, -0.2) is 22.4 Å². The number of nitrogens with two attached hydrogens (primary N) is 1. The molecule has 0 radical (unpaired) electrons. The van der Waals surface area contributed by atoms with Gasteiger partial charge in [0.25, 0.3) is 0 Å². The Bertz CT molecular complexity index is 662. The van der Waals surface area contributed by atoms with Crippen LogP contribution in [0.2, 0.25) is 5.02 Å². The average Bonchev–Trinajstić information content (AvgIpc) is 2.91. The number of nitrogens with one attached hydrogen (secondary N) is 1. The lowest BCUT2D eigenvalue weighted by molar-refractivity contribution is 0.839. The Morgan fingerprint density at radius 2 is 2.09 bits per heavy atom. The lowest BCUT2D eigenvalue weighted by Crippen LogP contribution is -2.22. The molecule has 0 amide bonds. The first-order chi connectivity index (χ1) is 10.7. The van der Waals surface area contributed by atoms with E-state index in [9.17, 15) is 0 Å². The molecular weight excluding hydrogens is 318 g/mol. The number of anilines is 3. The number of halogens is 1. The van der Waals surface area contributed by atoms with Crippen LogP contribution in [0.1, 0.15) is 18.9 Å². The van der Waals surface area contributed by atoms with Crippen molar-refractivity contribution in [2.75, 3.05) is 28.4 Å². The molecule has 0 bridgehead atoms. The number of hydrogen-bond acceptors (Lipinski definition) is 6. The van der Waals surface area contributed by atoms with E-state index in [0.29, 0.717) is 12.5 Å². The third-order valence-electron chi connectivity index (χ3n) is 3.37. The number of rotatable bonds is 5. The predicted molar refractivity (Wildman–Crippen MR) is 93.6 cm³/mol. The lowest BCUT2D eigenvalue weighted by Gasteiger charge is -2.17. The second-order valence-electron chi connectivity index (χ2n) is 5.10. The van der Waals surface area contributed by atoms with Gasteiger partial charge in [-0.05, 0) is 24.1 Å². The van der Waals surface area contributed by atoms with Crippen molar-refractivity contribution < 1.29 is 0 Å².